The van der Waals surface area contributed by atoms with E-state index in [1.54, 1.807) is 11.8 Å². The summed E-state index contributed by atoms with van der Waals surface area (Å²) in [6.07, 6.45) is 0. The zero-order valence-electron chi connectivity index (χ0n) is 22.9. The fourth-order valence-electron chi connectivity index (χ4n) is 6.98. The van der Waals surface area contributed by atoms with Crippen LogP contribution in [0.4, 0.5) is 0 Å². The summed E-state index contributed by atoms with van der Waals surface area (Å²) in [5, 5.41) is 6.03. The molecule has 0 saturated heterocycles. The van der Waals surface area contributed by atoms with Crippen molar-refractivity contribution < 1.29 is 0 Å². The second kappa shape index (κ2) is 8.57. The van der Waals surface area contributed by atoms with Crippen molar-refractivity contribution in [2.75, 3.05) is 0 Å². The lowest BCUT2D eigenvalue weighted by Crippen LogP contribution is -2.05. The standard InChI is InChI=1S/C38H22N4S/c1-2-11-23(12-3-1)41-28-17-7-4-13-24(28)34-30(41)21-22-31-35(34)25-14-5-8-18-29(25)42(31)38-39-27-16-10-20-33-36(27)37(40-38)26-15-6-9-19-32(26)43-33/h1-22H. The minimum atomic E-state index is 0.693. The minimum Gasteiger partial charge on any atom is -0.309 e. The number of aromatic nitrogens is 4. The molecule has 0 N–H and O–H groups in total. The maximum Gasteiger partial charge on any atom is 0.235 e. The Hall–Kier alpha value is -5.39. The van der Waals surface area contributed by atoms with E-state index in [9.17, 15) is 0 Å². The van der Waals surface area contributed by atoms with Crippen LogP contribution in [0.5, 0.6) is 0 Å². The molecule has 0 fully saturated rings. The third kappa shape index (κ3) is 3.12. The van der Waals surface area contributed by atoms with Crippen molar-refractivity contribution in [2.24, 2.45) is 0 Å². The molecule has 0 amide bonds. The number of rotatable bonds is 2. The first kappa shape index (κ1) is 23.2. The molecule has 43 heavy (non-hydrogen) atoms. The number of hydrogen-bond donors (Lipinski definition) is 0. The molecule has 0 bridgehead atoms. The SMILES string of the molecule is c1ccc(-n2c3ccccc3c3c4c5ccccc5n(-c5nc6c7c(cccc7n5)Sc5ccccc5-6)c4ccc32)cc1. The molecule has 200 valence electrons. The van der Waals surface area contributed by atoms with Gasteiger partial charge in [-0.3, -0.25) is 4.57 Å². The summed E-state index contributed by atoms with van der Waals surface area (Å²) in [5.74, 6) is 0.693. The number of fused-ring (bicyclic) bond motifs is 9. The van der Waals surface area contributed by atoms with Crippen LogP contribution in [0.15, 0.2) is 143 Å². The molecule has 1 aliphatic rings. The van der Waals surface area contributed by atoms with Crippen molar-refractivity contribution in [3.63, 3.8) is 0 Å². The fraction of sp³-hybridized carbons (Fsp3) is 0. The van der Waals surface area contributed by atoms with Gasteiger partial charge in [-0.15, -0.1) is 0 Å². The van der Waals surface area contributed by atoms with E-state index in [1.807, 2.05) is 0 Å². The lowest BCUT2D eigenvalue weighted by atomic mass is 10.1. The summed E-state index contributed by atoms with van der Waals surface area (Å²) in [4.78, 5) is 13.0. The van der Waals surface area contributed by atoms with E-state index in [1.165, 1.54) is 42.4 Å². The maximum atomic E-state index is 5.34. The monoisotopic (exact) mass is 566 g/mol. The van der Waals surface area contributed by atoms with Crippen LogP contribution in [0.1, 0.15) is 0 Å². The zero-order valence-corrected chi connectivity index (χ0v) is 23.7. The molecule has 0 radical (unpaired) electrons. The Balaban J connectivity index is 1.36. The predicted molar refractivity (Wildman–Crippen MR) is 178 cm³/mol. The van der Waals surface area contributed by atoms with Gasteiger partial charge in [0.15, 0.2) is 0 Å². The molecule has 1 aliphatic heterocycles. The summed E-state index contributed by atoms with van der Waals surface area (Å²) in [7, 11) is 0. The van der Waals surface area contributed by atoms with Crippen molar-refractivity contribution in [1.82, 2.24) is 19.1 Å². The van der Waals surface area contributed by atoms with E-state index in [-0.39, 0.29) is 0 Å². The Bertz CT molecular complexity index is 2590. The largest absolute Gasteiger partial charge is 0.309 e. The lowest BCUT2D eigenvalue weighted by Gasteiger charge is -2.20. The Morgan fingerprint density at radius 3 is 1.86 bits per heavy atom. The third-order valence-electron chi connectivity index (χ3n) is 8.72. The van der Waals surface area contributed by atoms with Crippen LogP contribution >= 0.6 is 11.8 Å². The van der Waals surface area contributed by atoms with Crippen LogP contribution < -0.4 is 0 Å². The molecule has 5 heteroatoms. The Morgan fingerprint density at radius 1 is 0.442 bits per heavy atom. The molecule has 0 unspecified atom stereocenters. The highest BCUT2D eigenvalue weighted by Gasteiger charge is 2.25. The molecule has 9 aromatic rings. The van der Waals surface area contributed by atoms with Gasteiger partial charge in [0.25, 0.3) is 0 Å². The average molecular weight is 567 g/mol. The number of nitrogens with zero attached hydrogens (tertiary/aromatic N) is 4. The lowest BCUT2D eigenvalue weighted by molar-refractivity contribution is 1.01. The van der Waals surface area contributed by atoms with Gasteiger partial charge in [-0.2, -0.15) is 0 Å². The molecule has 6 aromatic carbocycles. The highest BCUT2D eigenvalue weighted by atomic mass is 32.2. The second-order valence-electron chi connectivity index (χ2n) is 11.0. The zero-order chi connectivity index (χ0) is 28.1. The van der Waals surface area contributed by atoms with Gasteiger partial charge in [0.2, 0.25) is 5.95 Å². The Morgan fingerprint density at radius 2 is 1.07 bits per heavy atom. The summed E-state index contributed by atoms with van der Waals surface area (Å²) in [6, 6.07) is 47.5. The van der Waals surface area contributed by atoms with E-state index < -0.39 is 0 Å². The van der Waals surface area contributed by atoms with Gasteiger partial charge < -0.3 is 4.57 Å². The third-order valence-corrected chi connectivity index (χ3v) is 9.86. The minimum absolute atomic E-state index is 0.693. The van der Waals surface area contributed by atoms with Crippen LogP contribution in [0.2, 0.25) is 0 Å². The van der Waals surface area contributed by atoms with Crippen molar-refractivity contribution >= 4 is 66.3 Å². The maximum absolute atomic E-state index is 5.34. The van der Waals surface area contributed by atoms with E-state index in [0.717, 1.165) is 38.9 Å². The van der Waals surface area contributed by atoms with Gasteiger partial charge in [-0.1, -0.05) is 90.6 Å². The number of hydrogen-bond acceptors (Lipinski definition) is 3. The molecular weight excluding hydrogens is 545 g/mol. The summed E-state index contributed by atoms with van der Waals surface area (Å²) in [6.45, 7) is 0. The van der Waals surface area contributed by atoms with Gasteiger partial charge in [0.05, 0.1) is 33.3 Å². The first-order valence-electron chi connectivity index (χ1n) is 14.4. The van der Waals surface area contributed by atoms with Gasteiger partial charge in [-0.05, 0) is 54.6 Å². The van der Waals surface area contributed by atoms with Crippen LogP contribution in [-0.2, 0) is 0 Å². The van der Waals surface area contributed by atoms with Crippen LogP contribution in [-0.4, -0.2) is 19.1 Å². The van der Waals surface area contributed by atoms with Crippen molar-refractivity contribution in [3.05, 3.63) is 133 Å². The van der Waals surface area contributed by atoms with E-state index in [0.29, 0.717) is 5.95 Å². The first-order valence-corrected chi connectivity index (χ1v) is 15.3. The van der Waals surface area contributed by atoms with Gasteiger partial charge in [-0.25, -0.2) is 9.97 Å². The van der Waals surface area contributed by atoms with E-state index in [2.05, 4.69) is 143 Å². The van der Waals surface area contributed by atoms with Crippen molar-refractivity contribution in [3.8, 4) is 22.9 Å². The first-order chi connectivity index (χ1) is 21.3. The number of benzene rings is 6. The van der Waals surface area contributed by atoms with Gasteiger partial charge >= 0.3 is 0 Å². The topological polar surface area (TPSA) is 35.6 Å². The molecule has 0 aliphatic carbocycles. The summed E-state index contributed by atoms with van der Waals surface area (Å²) < 4.78 is 4.63. The van der Waals surface area contributed by atoms with Crippen molar-refractivity contribution in [1.29, 1.82) is 0 Å². The average Bonchev–Trinajstić information content (AvgIpc) is 3.58. The summed E-state index contributed by atoms with van der Waals surface area (Å²) >= 11 is 1.80. The highest BCUT2D eigenvalue weighted by Crippen LogP contribution is 2.47. The molecule has 10 rings (SSSR count). The van der Waals surface area contributed by atoms with Crippen LogP contribution in [0.25, 0.3) is 77.4 Å². The molecule has 4 heterocycles. The second-order valence-corrected chi connectivity index (χ2v) is 12.1. The predicted octanol–water partition coefficient (Wildman–Crippen LogP) is 9.96. The molecule has 0 atom stereocenters. The number of para-hydroxylation sites is 3. The molecule has 4 nitrogen and oxygen atoms in total. The summed E-state index contributed by atoms with van der Waals surface area (Å²) in [5.41, 5.74) is 8.86. The van der Waals surface area contributed by atoms with Crippen LogP contribution in [0, 0.1) is 0 Å². The van der Waals surface area contributed by atoms with Crippen LogP contribution in [0.3, 0.4) is 0 Å². The normalized spacial score (nSPS) is 12.6. The Labute approximate surface area is 250 Å². The smallest absolute Gasteiger partial charge is 0.235 e. The fourth-order valence-corrected chi connectivity index (χ4v) is 8.09. The molecular formula is C38H22N4S. The van der Waals surface area contributed by atoms with Gasteiger partial charge in [0.1, 0.15) is 0 Å². The quantitative estimate of drug-likeness (QED) is 0.209. The molecule has 0 saturated carbocycles. The van der Waals surface area contributed by atoms with Crippen molar-refractivity contribution in [2.45, 2.75) is 9.79 Å². The highest BCUT2D eigenvalue weighted by molar-refractivity contribution is 7.99. The molecule has 3 aromatic heterocycles. The van der Waals surface area contributed by atoms with E-state index in [4.69, 9.17) is 9.97 Å². The van der Waals surface area contributed by atoms with E-state index >= 15 is 0 Å². The molecule has 0 spiro atoms. The van der Waals surface area contributed by atoms with Gasteiger partial charge in [0, 0.05) is 48.0 Å². The Kier molecular flexibility index (Phi) is 4.62.